The number of carbonyl (C=O) groups excluding carboxylic acids is 1. The molecule has 28 heavy (non-hydrogen) atoms. The zero-order valence-corrected chi connectivity index (χ0v) is 15.9. The molecule has 2 aromatic carbocycles. The van der Waals surface area contributed by atoms with Crippen molar-refractivity contribution in [3.05, 3.63) is 89.5 Å². The van der Waals surface area contributed by atoms with Gasteiger partial charge in [0.2, 0.25) is 0 Å². The molecule has 0 spiro atoms. The Morgan fingerprint density at radius 2 is 1.79 bits per heavy atom. The molecule has 142 valence electrons. The van der Waals surface area contributed by atoms with Crippen LogP contribution < -0.4 is 0 Å². The van der Waals surface area contributed by atoms with Crippen molar-refractivity contribution in [1.82, 2.24) is 9.88 Å². The molecule has 0 N–H and O–H groups in total. The maximum atomic E-state index is 13.3. The molecule has 4 rings (SSSR count). The van der Waals surface area contributed by atoms with E-state index in [1.807, 2.05) is 48.2 Å². The van der Waals surface area contributed by atoms with E-state index in [0.29, 0.717) is 6.54 Å². The summed E-state index contributed by atoms with van der Waals surface area (Å²) < 4.78 is 13.3. The van der Waals surface area contributed by atoms with Crippen LogP contribution in [-0.2, 0) is 0 Å². The molecule has 3 aromatic rings. The number of aromatic nitrogens is 1. The van der Waals surface area contributed by atoms with Crippen molar-refractivity contribution in [2.75, 3.05) is 13.1 Å². The Morgan fingerprint density at radius 1 is 1.04 bits per heavy atom. The van der Waals surface area contributed by atoms with E-state index in [2.05, 4.69) is 6.07 Å². The van der Waals surface area contributed by atoms with Crippen LogP contribution in [0, 0.1) is 12.7 Å². The highest BCUT2D eigenvalue weighted by atomic mass is 19.1. The Balaban J connectivity index is 1.58. The highest BCUT2D eigenvalue weighted by Gasteiger charge is 2.26. The first-order valence-corrected chi connectivity index (χ1v) is 9.69. The number of nitrogens with zero attached hydrogens (tertiary/aromatic N) is 2. The van der Waals surface area contributed by atoms with E-state index in [1.54, 1.807) is 12.1 Å². The molecule has 1 aliphatic heterocycles. The lowest BCUT2D eigenvalue weighted by Gasteiger charge is -2.33. The number of hydrogen-bond acceptors (Lipinski definition) is 2. The fraction of sp³-hybridized carbons (Fsp3) is 0.250. The molecule has 0 unspecified atom stereocenters. The lowest BCUT2D eigenvalue weighted by atomic mass is 9.92. The zero-order valence-electron chi connectivity index (χ0n) is 15.9. The minimum Gasteiger partial charge on any atom is -0.338 e. The quantitative estimate of drug-likeness (QED) is 0.630. The largest absolute Gasteiger partial charge is 0.338 e. The molecule has 1 aliphatic rings. The van der Waals surface area contributed by atoms with Crippen molar-refractivity contribution in [2.45, 2.75) is 25.7 Å². The van der Waals surface area contributed by atoms with Crippen LogP contribution in [0.1, 0.15) is 40.5 Å². The Labute approximate surface area is 164 Å². The van der Waals surface area contributed by atoms with Crippen LogP contribution in [0.15, 0.2) is 66.7 Å². The Bertz CT molecular complexity index is 970. The van der Waals surface area contributed by atoms with Gasteiger partial charge in [-0.15, -0.1) is 0 Å². The SMILES string of the molecule is Cc1cc(-c2ccc(F)cc2)cc([C@H]2CCCN(C(=O)c3ccccc3)C2)n1. The van der Waals surface area contributed by atoms with Crippen LogP contribution in [0.5, 0.6) is 0 Å². The van der Waals surface area contributed by atoms with Gasteiger partial charge in [0.05, 0.1) is 0 Å². The van der Waals surface area contributed by atoms with Gasteiger partial charge < -0.3 is 4.90 Å². The fourth-order valence-corrected chi connectivity index (χ4v) is 3.88. The second-order valence-corrected chi connectivity index (χ2v) is 7.39. The van der Waals surface area contributed by atoms with E-state index in [1.165, 1.54) is 12.1 Å². The van der Waals surface area contributed by atoms with E-state index >= 15 is 0 Å². The molecule has 1 aromatic heterocycles. The van der Waals surface area contributed by atoms with Gasteiger partial charge in [0.1, 0.15) is 5.82 Å². The van der Waals surface area contributed by atoms with Gasteiger partial charge in [-0.3, -0.25) is 9.78 Å². The number of pyridine rings is 1. The number of rotatable bonds is 3. The van der Waals surface area contributed by atoms with E-state index in [-0.39, 0.29) is 17.6 Å². The molecule has 3 nitrogen and oxygen atoms in total. The van der Waals surface area contributed by atoms with Crippen molar-refractivity contribution in [2.24, 2.45) is 0 Å². The van der Waals surface area contributed by atoms with Crippen molar-refractivity contribution < 1.29 is 9.18 Å². The van der Waals surface area contributed by atoms with E-state index < -0.39 is 0 Å². The van der Waals surface area contributed by atoms with Gasteiger partial charge in [0.15, 0.2) is 0 Å². The highest BCUT2D eigenvalue weighted by Crippen LogP contribution is 2.30. The summed E-state index contributed by atoms with van der Waals surface area (Å²) in [5.41, 5.74) is 4.68. The molecular weight excluding hydrogens is 351 g/mol. The van der Waals surface area contributed by atoms with Gasteiger partial charge in [-0.1, -0.05) is 30.3 Å². The van der Waals surface area contributed by atoms with Gasteiger partial charge in [-0.05, 0) is 67.3 Å². The molecular formula is C24H23FN2O. The highest BCUT2D eigenvalue weighted by molar-refractivity contribution is 5.94. The van der Waals surface area contributed by atoms with Crippen molar-refractivity contribution >= 4 is 5.91 Å². The fourth-order valence-electron chi connectivity index (χ4n) is 3.88. The molecule has 1 saturated heterocycles. The summed E-state index contributed by atoms with van der Waals surface area (Å²) in [5.74, 6) is 0.0503. The van der Waals surface area contributed by atoms with Gasteiger partial charge in [0, 0.05) is 36.0 Å². The summed E-state index contributed by atoms with van der Waals surface area (Å²) in [6.07, 6.45) is 1.97. The third kappa shape index (κ3) is 3.96. The number of likely N-dealkylation sites (tertiary alicyclic amines) is 1. The molecule has 0 saturated carbocycles. The lowest BCUT2D eigenvalue weighted by Crippen LogP contribution is -2.39. The monoisotopic (exact) mass is 374 g/mol. The van der Waals surface area contributed by atoms with E-state index in [4.69, 9.17) is 4.98 Å². The van der Waals surface area contributed by atoms with Crippen molar-refractivity contribution in [3.8, 4) is 11.1 Å². The molecule has 2 heterocycles. The summed E-state index contributed by atoms with van der Waals surface area (Å²) in [6.45, 7) is 3.43. The minimum atomic E-state index is -0.239. The molecule has 4 heteroatoms. The third-order valence-corrected chi connectivity index (χ3v) is 5.30. The second-order valence-electron chi connectivity index (χ2n) is 7.39. The normalized spacial score (nSPS) is 16.8. The number of halogens is 1. The van der Waals surface area contributed by atoms with Crippen LogP contribution in [0.3, 0.4) is 0 Å². The van der Waals surface area contributed by atoms with Crippen molar-refractivity contribution in [1.29, 1.82) is 0 Å². The topological polar surface area (TPSA) is 33.2 Å². The zero-order chi connectivity index (χ0) is 19.5. The van der Waals surface area contributed by atoms with Crippen LogP contribution in [-0.4, -0.2) is 28.9 Å². The first kappa shape index (κ1) is 18.4. The summed E-state index contributed by atoms with van der Waals surface area (Å²) >= 11 is 0. The number of benzene rings is 2. The summed E-state index contributed by atoms with van der Waals surface area (Å²) in [5, 5.41) is 0. The van der Waals surface area contributed by atoms with Crippen molar-refractivity contribution in [3.63, 3.8) is 0 Å². The maximum Gasteiger partial charge on any atom is 0.253 e. The Morgan fingerprint density at radius 3 is 2.54 bits per heavy atom. The number of carbonyl (C=O) groups is 1. The summed E-state index contributed by atoms with van der Waals surface area (Å²) in [7, 11) is 0. The van der Waals surface area contributed by atoms with E-state index in [9.17, 15) is 9.18 Å². The van der Waals surface area contributed by atoms with Gasteiger partial charge in [0.25, 0.3) is 5.91 Å². The average molecular weight is 374 g/mol. The third-order valence-electron chi connectivity index (χ3n) is 5.30. The van der Waals surface area contributed by atoms with Crippen LogP contribution >= 0.6 is 0 Å². The maximum absolute atomic E-state index is 13.3. The van der Waals surface area contributed by atoms with Crippen LogP contribution in [0.2, 0.25) is 0 Å². The summed E-state index contributed by atoms with van der Waals surface area (Å²) in [4.78, 5) is 19.5. The molecule has 1 amide bonds. The van der Waals surface area contributed by atoms with Gasteiger partial charge in [-0.25, -0.2) is 4.39 Å². The second kappa shape index (κ2) is 7.93. The Kier molecular flexibility index (Phi) is 5.20. The smallest absolute Gasteiger partial charge is 0.253 e. The Hall–Kier alpha value is -3.01. The van der Waals surface area contributed by atoms with Crippen LogP contribution in [0.4, 0.5) is 4.39 Å². The predicted octanol–water partition coefficient (Wildman–Crippen LogP) is 5.22. The first-order valence-electron chi connectivity index (χ1n) is 9.69. The lowest BCUT2D eigenvalue weighted by molar-refractivity contribution is 0.0706. The first-order chi connectivity index (χ1) is 13.6. The number of piperidine rings is 1. The minimum absolute atomic E-state index is 0.0803. The molecule has 0 bridgehead atoms. The van der Waals surface area contributed by atoms with Gasteiger partial charge in [-0.2, -0.15) is 0 Å². The van der Waals surface area contributed by atoms with Gasteiger partial charge >= 0.3 is 0 Å². The standard InChI is InChI=1S/C24H23FN2O/c1-17-14-21(18-9-11-22(25)12-10-18)15-23(26-17)20-8-5-13-27(16-20)24(28)19-6-3-2-4-7-19/h2-4,6-7,9-12,14-15,20H,5,8,13,16H2,1H3/t20-/m0/s1. The average Bonchev–Trinajstić information content (AvgIpc) is 2.74. The number of aryl methyl sites for hydroxylation is 1. The summed E-state index contributed by atoms with van der Waals surface area (Å²) in [6, 6.07) is 20.1. The molecule has 1 atom stereocenters. The number of hydrogen-bond donors (Lipinski definition) is 0. The molecule has 1 fully saturated rings. The molecule has 0 radical (unpaired) electrons. The van der Waals surface area contributed by atoms with Crippen LogP contribution in [0.25, 0.3) is 11.1 Å². The predicted molar refractivity (Wildman–Crippen MR) is 109 cm³/mol. The van der Waals surface area contributed by atoms with E-state index in [0.717, 1.165) is 47.5 Å². The number of amides is 1. The molecule has 0 aliphatic carbocycles.